The predicted octanol–water partition coefficient (Wildman–Crippen LogP) is -1.94. The Kier molecular flexibility index (Phi) is 5.82. The van der Waals surface area contributed by atoms with Gasteiger partial charge in [-0.05, 0) is 24.3 Å². The van der Waals surface area contributed by atoms with Gasteiger partial charge in [-0.15, -0.1) is 0 Å². The summed E-state index contributed by atoms with van der Waals surface area (Å²) in [5, 5.41) is 0. The first kappa shape index (κ1) is 17.4. The van der Waals surface area contributed by atoms with Gasteiger partial charge in [0.2, 0.25) is 0 Å². The number of carbonyl (C=O) groups excluding carboxylic acids is 1. The Labute approximate surface area is 122 Å². The molecule has 0 amide bonds. The maximum Gasteiger partial charge on any atom is 1.00 e. The molecule has 5 nitrogen and oxygen atoms in total. The van der Waals surface area contributed by atoms with E-state index in [0.29, 0.717) is 0 Å². The van der Waals surface area contributed by atoms with Gasteiger partial charge in [-0.1, -0.05) is 0 Å². The Morgan fingerprint density at radius 2 is 1.61 bits per heavy atom. The van der Waals surface area contributed by atoms with Gasteiger partial charge in [-0.2, -0.15) is 13.2 Å². The zero-order valence-corrected chi connectivity index (χ0v) is 11.7. The van der Waals surface area contributed by atoms with E-state index in [-0.39, 0.29) is 29.6 Å². The Balaban J connectivity index is 0.00000289. The average molecular weight is 292 g/mol. The van der Waals surface area contributed by atoms with Crippen LogP contribution >= 0.6 is 0 Å². The Morgan fingerprint density at radius 3 is 1.94 bits per heavy atom. The second kappa shape index (κ2) is 6.02. The van der Waals surface area contributed by atoms with E-state index >= 15 is 0 Å². The van der Waals surface area contributed by atoms with Crippen LogP contribution in [0.15, 0.2) is 29.2 Å². The number of ether oxygens (including phenoxy) is 1. The quantitative estimate of drug-likeness (QED) is 0.274. The molecule has 0 N–H and O–H groups in total. The van der Waals surface area contributed by atoms with Crippen LogP contribution in [0.2, 0.25) is 0 Å². The van der Waals surface area contributed by atoms with Gasteiger partial charge in [0.05, 0.1) is 4.90 Å². The summed E-state index contributed by atoms with van der Waals surface area (Å²) in [5.74, 6) is -2.95. The van der Waals surface area contributed by atoms with Crippen molar-refractivity contribution in [1.82, 2.24) is 0 Å². The molecule has 1 rings (SSSR count). The van der Waals surface area contributed by atoms with E-state index in [2.05, 4.69) is 4.74 Å². The van der Waals surface area contributed by atoms with Crippen molar-refractivity contribution in [3.05, 3.63) is 24.3 Å². The normalized spacial score (nSPS) is 11.6. The van der Waals surface area contributed by atoms with Gasteiger partial charge < -0.3 is 9.29 Å². The smallest absolute Gasteiger partial charge is 0.744 e. The van der Waals surface area contributed by atoms with E-state index in [4.69, 9.17) is 0 Å². The Bertz CT molecular complexity index is 523. The van der Waals surface area contributed by atoms with Crippen LogP contribution in [0.3, 0.4) is 0 Å². The van der Waals surface area contributed by atoms with Crippen LogP contribution in [0.1, 0.15) is 0 Å². The van der Waals surface area contributed by atoms with E-state index < -0.39 is 32.9 Å². The van der Waals surface area contributed by atoms with Crippen LogP contribution in [0.4, 0.5) is 13.2 Å². The molecule has 10 heteroatoms. The maximum atomic E-state index is 11.8. The van der Waals surface area contributed by atoms with Crippen molar-refractivity contribution < 1.29 is 65.2 Å². The second-order valence-corrected chi connectivity index (χ2v) is 4.19. The van der Waals surface area contributed by atoms with E-state index in [1.807, 2.05) is 0 Å². The van der Waals surface area contributed by atoms with Gasteiger partial charge in [0.1, 0.15) is 15.9 Å². The summed E-state index contributed by atoms with van der Waals surface area (Å²) in [7, 11) is -4.69. The van der Waals surface area contributed by atoms with Crippen molar-refractivity contribution in [2.24, 2.45) is 0 Å². The van der Waals surface area contributed by atoms with Crippen LogP contribution in [0, 0.1) is 0 Å². The van der Waals surface area contributed by atoms with Gasteiger partial charge in [0, 0.05) is 0 Å². The van der Waals surface area contributed by atoms with E-state index in [9.17, 15) is 30.9 Å². The van der Waals surface area contributed by atoms with Crippen LogP contribution in [-0.2, 0) is 14.9 Å². The second-order valence-electron chi connectivity index (χ2n) is 2.81. The summed E-state index contributed by atoms with van der Waals surface area (Å²) in [6.45, 7) is 0. The number of carbonyl (C=O) groups is 1. The predicted molar refractivity (Wildman–Crippen MR) is 46.1 cm³/mol. The molecule has 0 unspecified atom stereocenters. The topological polar surface area (TPSA) is 83.5 Å². The largest absolute Gasteiger partial charge is 1.00 e. The maximum absolute atomic E-state index is 11.8. The standard InChI is InChI=1S/C8H5F3O5S.Na/c9-8(10,11)7(12)16-5-1-3-6(4-2-5)17(13,14)15;/h1-4H,(H,13,14,15);/q;+1/p-1. The molecule has 0 spiro atoms. The molecular formula is C8H4F3NaO5S. The number of alkyl halides is 3. The number of esters is 1. The first-order chi connectivity index (χ1) is 7.60. The monoisotopic (exact) mass is 292 g/mol. The SMILES string of the molecule is O=C(Oc1ccc(S(=O)(=O)[O-])cc1)C(F)(F)F.[Na+]. The third-order valence-electron chi connectivity index (χ3n) is 1.55. The molecule has 0 bridgehead atoms. The van der Waals surface area contributed by atoms with Crippen molar-refractivity contribution >= 4 is 16.1 Å². The number of hydrogen-bond acceptors (Lipinski definition) is 5. The molecule has 0 fully saturated rings. The zero-order valence-electron chi connectivity index (χ0n) is 8.89. The number of hydrogen-bond donors (Lipinski definition) is 0. The molecule has 0 aromatic heterocycles. The van der Waals surface area contributed by atoms with Crippen molar-refractivity contribution in [2.45, 2.75) is 11.1 Å². The van der Waals surface area contributed by atoms with E-state index in [1.54, 1.807) is 0 Å². The first-order valence-corrected chi connectivity index (χ1v) is 5.36. The van der Waals surface area contributed by atoms with Gasteiger partial charge in [-0.25, -0.2) is 13.2 Å². The van der Waals surface area contributed by atoms with Gasteiger partial charge in [0.15, 0.2) is 0 Å². The molecule has 0 aliphatic heterocycles. The molecule has 1 aromatic rings. The van der Waals surface area contributed by atoms with Crippen LogP contribution in [-0.4, -0.2) is 25.1 Å². The third kappa shape index (κ3) is 4.94. The van der Waals surface area contributed by atoms with E-state index in [1.165, 1.54) is 0 Å². The zero-order chi connectivity index (χ0) is 13.3. The minimum Gasteiger partial charge on any atom is -0.744 e. The van der Waals surface area contributed by atoms with Gasteiger partial charge in [-0.3, -0.25) is 0 Å². The average Bonchev–Trinajstić information content (AvgIpc) is 2.15. The van der Waals surface area contributed by atoms with E-state index in [0.717, 1.165) is 24.3 Å². The molecule has 0 atom stereocenters. The fourth-order valence-corrected chi connectivity index (χ4v) is 1.31. The van der Waals surface area contributed by atoms with Crippen LogP contribution in [0.5, 0.6) is 5.75 Å². The fourth-order valence-electron chi connectivity index (χ4n) is 0.839. The Morgan fingerprint density at radius 1 is 1.17 bits per heavy atom. The molecule has 0 heterocycles. The fraction of sp³-hybridized carbons (Fsp3) is 0.125. The molecule has 94 valence electrons. The molecule has 0 aliphatic carbocycles. The molecule has 18 heavy (non-hydrogen) atoms. The van der Waals surface area contributed by atoms with Crippen LogP contribution < -0.4 is 34.3 Å². The number of halogens is 3. The minimum absolute atomic E-state index is 0. The molecular weight excluding hydrogens is 288 g/mol. The Hall–Kier alpha value is -0.610. The molecule has 0 radical (unpaired) electrons. The summed E-state index contributed by atoms with van der Waals surface area (Å²) in [6, 6.07) is 3.02. The molecule has 0 saturated heterocycles. The van der Waals surface area contributed by atoms with Gasteiger partial charge >= 0.3 is 41.7 Å². The van der Waals surface area contributed by atoms with Crippen molar-refractivity contribution in [2.75, 3.05) is 0 Å². The first-order valence-electron chi connectivity index (χ1n) is 3.95. The summed E-state index contributed by atoms with van der Waals surface area (Å²) >= 11 is 0. The van der Waals surface area contributed by atoms with Crippen molar-refractivity contribution in [1.29, 1.82) is 0 Å². The molecule has 1 aromatic carbocycles. The number of rotatable bonds is 2. The van der Waals surface area contributed by atoms with Crippen molar-refractivity contribution in [3.63, 3.8) is 0 Å². The van der Waals surface area contributed by atoms with Gasteiger partial charge in [0.25, 0.3) is 0 Å². The van der Waals surface area contributed by atoms with Crippen molar-refractivity contribution in [3.8, 4) is 5.75 Å². The number of benzene rings is 1. The summed E-state index contributed by atoms with van der Waals surface area (Å²) in [6.07, 6.45) is -5.15. The summed E-state index contributed by atoms with van der Waals surface area (Å²) < 4.78 is 70.7. The summed E-state index contributed by atoms with van der Waals surface area (Å²) in [5.41, 5.74) is 0. The third-order valence-corrected chi connectivity index (χ3v) is 2.40. The molecule has 0 aliphatic rings. The summed E-state index contributed by atoms with van der Waals surface area (Å²) in [4.78, 5) is 9.75. The minimum atomic E-state index is -5.15. The van der Waals surface area contributed by atoms with Crippen LogP contribution in [0.25, 0.3) is 0 Å². The molecule has 0 saturated carbocycles.